The topological polar surface area (TPSA) is 32.3 Å². The van der Waals surface area contributed by atoms with Gasteiger partial charge in [-0.05, 0) is 24.5 Å². The average molecular weight is 221 g/mol. The summed E-state index contributed by atoms with van der Waals surface area (Å²) >= 11 is 0. The van der Waals surface area contributed by atoms with Crippen molar-refractivity contribution < 1.29 is 5.11 Å². The van der Waals surface area contributed by atoms with E-state index in [2.05, 4.69) is 44.3 Å². The molecule has 0 bridgehead atoms. The fourth-order valence-electron chi connectivity index (χ4n) is 1.60. The van der Waals surface area contributed by atoms with Gasteiger partial charge in [0, 0.05) is 17.6 Å². The molecular weight excluding hydrogens is 198 g/mol. The summed E-state index contributed by atoms with van der Waals surface area (Å²) in [6.45, 7) is 7.42. The van der Waals surface area contributed by atoms with Crippen LogP contribution in [-0.2, 0) is 6.42 Å². The Bertz CT molecular complexity index is 318. The molecule has 0 spiro atoms. The predicted molar refractivity (Wildman–Crippen MR) is 69.8 cm³/mol. The van der Waals surface area contributed by atoms with E-state index in [9.17, 15) is 5.11 Å². The Morgan fingerprint density at radius 3 is 2.50 bits per heavy atom. The fourth-order valence-corrected chi connectivity index (χ4v) is 1.60. The molecular formula is C14H23NO. The van der Waals surface area contributed by atoms with Gasteiger partial charge in [0.15, 0.2) is 0 Å². The lowest BCUT2D eigenvalue weighted by molar-refractivity contribution is 0.149. The van der Waals surface area contributed by atoms with Crippen molar-refractivity contribution in [2.45, 2.75) is 33.6 Å². The number of para-hydroxylation sites is 1. The van der Waals surface area contributed by atoms with Gasteiger partial charge in [-0.3, -0.25) is 0 Å². The molecule has 0 aromatic heterocycles. The van der Waals surface area contributed by atoms with Gasteiger partial charge in [0.2, 0.25) is 0 Å². The smallest absolute Gasteiger partial charge is 0.0501 e. The summed E-state index contributed by atoms with van der Waals surface area (Å²) in [6.07, 6.45) is 2.01. The standard InChI is InChI=1S/C14H23NO/c1-4-12-8-6-7-9-13(12)15-10-14(3,5-2)11-16/h6-9,15-16H,4-5,10-11H2,1-3H3. The van der Waals surface area contributed by atoms with Crippen LogP contribution in [0.3, 0.4) is 0 Å². The van der Waals surface area contributed by atoms with Crippen molar-refractivity contribution >= 4 is 5.69 Å². The molecule has 0 heterocycles. The highest BCUT2D eigenvalue weighted by atomic mass is 16.3. The molecule has 1 aromatic rings. The first kappa shape index (κ1) is 13.0. The summed E-state index contributed by atoms with van der Waals surface area (Å²) in [4.78, 5) is 0. The van der Waals surface area contributed by atoms with Crippen molar-refractivity contribution in [2.75, 3.05) is 18.5 Å². The zero-order valence-electron chi connectivity index (χ0n) is 10.6. The van der Waals surface area contributed by atoms with Gasteiger partial charge < -0.3 is 10.4 Å². The summed E-state index contributed by atoms with van der Waals surface area (Å²) in [7, 11) is 0. The van der Waals surface area contributed by atoms with Crippen LogP contribution in [0.4, 0.5) is 5.69 Å². The molecule has 16 heavy (non-hydrogen) atoms. The number of aliphatic hydroxyl groups is 1. The van der Waals surface area contributed by atoms with E-state index in [-0.39, 0.29) is 12.0 Å². The van der Waals surface area contributed by atoms with E-state index in [0.29, 0.717) is 0 Å². The van der Waals surface area contributed by atoms with E-state index in [1.54, 1.807) is 0 Å². The average Bonchev–Trinajstić information content (AvgIpc) is 2.36. The van der Waals surface area contributed by atoms with Gasteiger partial charge in [0.05, 0.1) is 6.61 Å². The summed E-state index contributed by atoms with van der Waals surface area (Å²) in [6, 6.07) is 8.36. The van der Waals surface area contributed by atoms with E-state index in [1.165, 1.54) is 11.3 Å². The Labute approximate surface area is 98.7 Å². The fraction of sp³-hybridized carbons (Fsp3) is 0.571. The maximum atomic E-state index is 9.35. The zero-order valence-corrected chi connectivity index (χ0v) is 10.6. The molecule has 0 aliphatic heterocycles. The molecule has 0 fully saturated rings. The van der Waals surface area contributed by atoms with E-state index in [1.807, 2.05) is 6.07 Å². The molecule has 1 aromatic carbocycles. The van der Waals surface area contributed by atoms with E-state index in [0.717, 1.165) is 19.4 Å². The predicted octanol–water partition coefficient (Wildman–Crippen LogP) is 3.07. The normalized spacial score (nSPS) is 14.5. The molecule has 1 rings (SSSR count). The van der Waals surface area contributed by atoms with Crippen LogP contribution in [-0.4, -0.2) is 18.3 Å². The van der Waals surface area contributed by atoms with Crippen molar-refractivity contribution in [3.63, 3.8) is 0 Å². The van der Waals surface area contributed by atoms with Crippen molar-refractivity contribution in [2.24, 2.45) is 5.41 Å². The SMILES string of the molecule is CCc1ccccc1NCC(C)(CC)CO. The highest BCUT2D eigenvalue weighted by Crippen LogP contribution is 2.22. The second-order valence-corrected chi connectivity index (χ2v) is 4.69. The van der Waals surface area contributed by atoms with Crippen LogP contribution >= 0.6 is 0 Å². The van der Waals surface area contributed by atoms with Gasteiger partial charge in [0.25, 0.3) is 0 Å². The Morgan fingerprint density at radius 1 is 1.25 bits per heavy atom. The monoisotopic (exact) mass is 221 g/mol. The minimum Gasteiger partial charge on any atom is -0.396 e. The lowest BCUT2D eigenvalue weighted by Gasteiger charge is -2.27. The Balaban J connectivity index is 2.67. The highest BCUT2D eigenvalue weighted by molar-refractivity contribution is 5.51. The van der Waals surface area contributed by atoms with Crippen molar-refractivity contribution in [1.82, 2.24) is 0 Å². The van der Waals surface area contributed by atoms with E-state index < -0.39 is 0 Å². The Hall–Kier alpha value is -1.02. The van der Waals surface area contributed by atoms with Gasteiger partial charge >= 0.3 is 0 Å². The molecule has 0 saturated heterocycles. The molecule has 2 nitrogen and oxygen atoms in total. The van der Waals surface area contributed by atoms with Crippen LogP contribution in [0.5, 0.6) is 0 Å². The third-order valence-corrected chi connectivity index (χ3v) is 3.34. The number of anilines is 1. The van der Waals surface area contributed by atoms with Gasteiger partial charge in [0.1, 0.15) is 0 Å². The number of hydrogen-bond donors (Lipinski definition) is 2. The van der Waals surface area contributed by atoms with E-state index in [4.69, 9.17) is 0 Å². The molecule has 90 valence electrons. The third-order valence-electron chi connectivity index (χ3n) is 3.34. The summed E-state index contributed by atoms with van der Waals surface area (Å²) < 4.78 is 0. The van der Waals surface area contributed by atoms with Crippen molar-refractivity contribution in [1.29, 1.82) is 0 Å². The highest BCUT2D eigenvalue weighted by Gasteiger charge is 2.20. The van der Waals surface area contributed by atoms with Gasteiger partial charge in [-0.15, -0.1) is 0 Å². The third kappa shape index (κ3) is 3.24. The number of hydrogen-bond acceptors (Lipinski definition) is 2. The number of benzene rings is 1. The molecule has 0 aliphatic carbocycles. The molecule has 2 N–H and O–H groups in total. The number of nitrogens with one attached hydrogen (secondary N) is 1. The minimum absolute atomic E-state index is 0.0269. The quantitative estimate of drug-likeness (QED) is 0.773. The van der Waals surface area contributed by atoms with Crippen molar-refractivity contribution in [3.05, 3.63) is 29.8 Å². The van der Waals surface area contributed by atoms with Gasteiger partial charge in [-0.2, -0.15) is 0 Å². The van der Waals surface area contributed by atoms with E-state index >= 15 is 0 Å². The van der Waals surface area contributed by atoms with Gasteiger partial charge in [-0.25, -0.2) is 0 Å². The summed E-state index contributed by atoms with van der Waals surface area (Å²) in [5, 5.41) is 12.8. The maximum Gasteiger partial charge on any atom is 0.0501 e. The zero-order chi connectivity index (χ0) is 12.0. The lowest BCUT2D eigenvalue weighted by atomic mass is 9.88. The second kappa shape index (κ2) is 5.90. The summed E-state index contributed by atoms with van der Waals surface area (Å²) in [5.74, 6) is 0. The first-order valence-electron chi connectivity index (χ1n) is 6.08. The summed E-state index contributed by atoms with van der Waals surface area (Å²) in [5.41, 5.74) is 2.50. The van der Waals surface area contributed by atoms with Crippen LogP contribution in [0.15, 0.2) is 24.3 Å². The van der Waals surface area contributed by atoms with Crippen LogP contribution in [0, 0.1) is 5.41 Å². The maximum absolute atomic E-state index is 9.35. The second-order valence-electron chi connectivity index (χ2n) is 4.69. The molecule has 0 aliphatic rings. The molecule has 2 heteroatoms. The number of aliphatic hydroxyl groups excluding tert-OH is 1. The molecule has 1 unspecified atom stereocenters. The number of rotatable bonds is 6. The van der Waals surface area contributed by atoms with Crippen molar-refractivity contribution in [3.8, 4) is 0 Å². The van der Waals surface area contributed by atoms with Crippen LogP contribution in [0.2, 0.25) is 0 Å². The molecule has 0 amide bonds. The first-order valence-corrected chi connectivity index (χ1v) is 6.08. The first-order chi connectivity index (χ1) is 7.65. The Morgan fingerprint density at radius 2 is 1.94 bits per heavy atom. The van der Waals surface area contributed by atoms with Crippen LogP contribution in [0.1, 0.15) is 32.8 Å². The largest absolute Gasteiger partial charge is 0.396 e. The van der Waals surface area contributed by atoms with Gasteiger partial charge in [-0.1, -0.05) is 39.0 Å². The molecule has 0 radical (unpaired) electrons. The molecule has 1 atom stereocenters. The minimum atomic E-state index is -0.0269. The molecule has 0 saturated carbocycles. The Kier molecular flexibility index (Phi) is 4.81. The lowest BCUT2D eigenvalue weighted by Crippen LogP contribution is -2.29. The number of aryl methyl sites for hydroxylation is 1. The van der Waals surface area contributed by atoms with Crippen LogP contribution in [0.25, 0.3) is 0 Å². The van der Waals surface area contributed by atoms with Crippen LogP contribution < -0.4 is 5.32 Å².